The second-order valence-corrected chi connectivity index (χ2v) is 6.72. The van der Waals surface area contributed by atoms with Crippen LogP contribution in [0, 0.1) is 6.92 Å². The molecule has 2 heterocycles. The summed E-state index contributed by atoms with van der Waals surface area (Å²) in [5.41, 5.74) is 11.1. The van der Waals surface area contributed by atoms with Crippen molar-refractivity contribution in [3.8, 4) is 0 Å². The summed E-state index contributed by atoms with van der Waals surface area (Å²) in [5, 5.41) is 8.22. The molecule has 7 nitrogen and oxygen atoms in total. The van der Waals surface area contributed by atoms with Gasteiger partial charge in [-0.1, -0.05) is 29.8 Å². The molecule has 0 atom stereocenters. The highest BCUT2D eigenvalue weighted by Crippen LogP contribution is 2.23. The smallest absolute Gasteiger partial charge is 0.255 e. The zero-order chi connectivity index (χ0) is 19.7. The van der Waals surface area contributed by atoms with Gasteiger partial charge in [0.2, 0.25) is 0 Å². The first-order valence-electron chi connectivity index (χ1n) is 8.90. The Kier molecular flexibility index (Phi) is 4.49. The summed E-state index contributed by atoms with van der Waals surface area (Å²) in [6, 6.07) is 15.2. The summed E-state index contributed by atoms with van der Waals surface area (Å²) in [7, 11) is 1.84. The molecule has 7 heteroatoms. The molecule has 4 rings (SSSR count). The molecule has 1 amide bonds. The lowest BCUT2D eigenvalue weighted by molar-refractivity contribution is 0.102. The molecular weight excluding hydrogens is 352 g/mol. The lowest BCUT2D eigenvalue weighted by Gasteiger charge is -2.07. The molecular formula is C21H20N6O. The molecule has 2 aromatic carbocycles. The van der Waals surface area contributed by atoms with Crippen LogP contribution in [-0.2, 0) is 13.5 Å². The number of benzene rings is 2. The van der Waals surface area contributed by atoms with E-state index < -0.39 is 0 Å². The van der Waals surface area contributed by atoms with Crippen LogP contribution in [0.25, 0.3) is 11.0 Å². The molecule has 0 aliphatic rings. The number of carbonyl (C=O) groups is 1. The predicted molar refractivity (Wildman–Crippen MR) is 109 cm³/mol. The molecule has 0 fully saturated rings. The van der Waals surface area contributed by atoms with Gasteiger partial charge in [-0.2, -0.15) is 5.10 Å². The molecule has 0 spiro atoms. The summed E-state index contributed by atoms with van der Waals surface area (Å²) >= 11 is 0. The van der Waals surface area contributed by atoms with Gasteiger partial charge in [0.15, 0.2) is 5.65 Å². The monoisotopic (exact) mass is 372 g/mol. The van der Waals surface area contributed by atoms with Gasteiger partial charge in [0.05, 0.1) is 11.1 Å². The van der Waals surface area contributed by atoms with Crippen LogP contribution in [-0.4, -0.2) is 25.7 Å². The Morgan fingerprint density at radius 1 is 1.07 bits per heavy atom. The molecule has 2 aromatic heterocycles. The number of carbonyl (C=O) groups excluding carboxylic acids is 1. The van der Waals surface area contributed by atoms with Crippen molar-refractivity contribution in [3.63, 3.8) is 0 Å². The fourth-order valence-electron chi connectivity index (χ4n) is 3.12. The Balaban J connectivity index is 1.51. The van der Waals surface area contributed by atoms with Crippen LogP contribution < -0.4 is 11.1 Å². The fourth-order valence-corrected chi connectivity index (χ4v) is 3.12. The zero-order valence-corrected chi connectivity index (χ0v) is 15.7. The van der Waals surface area contributed by atoms with Crippen molar-refractivity contribution in [1.29, 1.82) is 0 Å². The van der Waals surface area contributed by atoms with Crippen LogP contribution >= 0.6 is 0 Å². The second kappa shape index (κ2) is 7.11. The number of hydrogen-bond acceptors (Lipinski definition) is 5. The highest BCUT2D eigenvalue weighted by atomic mass is 16.1. The van der Waals surface area contributed by atoms with E-state index in [4.69, 9.17) is 5.73 Å². The number of nitrogen functional groups attached to an aromatic ring is 1. The lowest BCUT2D eigenvalue weighted by atomic mass is 10.1. The molecule has 0 aliphatic carbocycles. The molecule has 0 saturated heterocycles. The topological polar surface area (TPSA) is 98.7 Å². The van der Waals surface area contributed by atoms with E-state index in [1.54, 1.807) is 4.68 Å². The van der Waals surface area contributed by atoms with Gasteiger partial charge in [-0.15, -0.1) is 0 Å². The molecule has 0 unspecified atom stereocenters. The SMILES string of the molecule is Cc1ccc(C(=O)Nc2ccc(Cc3nn(C)c4ncnc(N)c34)cc2)cc1. The first-order chi connectivity index (χ1) is 13.5. The molecule has 4 aromatic rings. The van der Waals surface area contributed by atoms with Crippen LogP contribution in [0.1, 0.15) is 27.2 Å². The minimum atomic E-state index is -0.131. The second-order valence-electron chi connectivity index (χ2n) is 6.72. The molecule has 0 aliphatic heterocycles. The van der Waals surface area contributed by atoms with E-state index in [9.17, 15) is 4.79 Å². The van der Waals surface area contributed by atoms with Gasteiger partial charge in [-0.3, -0.25) is 9.48 Å². The van der Waals surface area contributed by atoms with Crippen molar-refractivity contribution in [2.75, 3.05) is 11.1 Å². The van der Waals surface area contributed by atoms with Crippen LogP contribution in [0.4, 0.5) is 11.5 Å². The quantitative estimate of drug-likeness (QED) is 0.573. The molecule has 140 valence electrons. The van der Waals surface area contributed by atoms with E-state index in [-0.39, 0.29) is 5.91 Å². The zero-order valence-electron chi connectivity index (χ0n) is 15.7. The van der Waals surface area contributed by atoms with Gasteiger partial charge in [0.1, 0.15) is 12.1 Å². The summed E-state index contributed by atoms with van der Waals surface area (Å²) in [6.45, 7) is 1.99. The number of nitrogens with two attached hydrogens (primary N) is 1. The third kappa shape index (κ3) is 3.42. The van der Waals surface area contributed by atoms with Crippen LogP contribution in [0.15, 0.2) is 54.9 Å². The third-order valence-electron chi connectivity index (χ3n) is 4.62. The lowest BCUT2D eigenvalue weighted by Crippen LogP contribution is -2.11. The van der Waals surface area contributed by atoms with E-state index in [0.29, 0.717) is 23.4 Å². The first-order valence-corrected chi connectivity index (χ1v) is 8.90. The number of anilines is 2. The number of fused-ring (bicyclic) bond motifs is 1. The fraction of sp³-hybridized carbons (Fsp3) is 0.143. The van der Waals surface area contributed by atoms with E-state index in [1.807, 2.05) is 62.5 Å². The van der Waals surface area contributed by atoms with Gasteiger partial charge in [0.25, 0.3) is 5.91 Å². The summed E-state index contributed by atoms with van der Waals surface area (Å²) in [6.07, 6.45) is 2.04. The van der Waals surface area contributed by atoms with Gasteiger partial charge in [-0.05, 0) is 36.8 Å². The summed E-state index contributed by atoms with van der Waals surface area (Å²) in [5.74, 6) is 0.295. The van der Waals surface area contributed by atoms with Crippen LogP contribution in [0.3, 0.4) is 0 Å². The highest BCUT2D eigenvalue weighted by molar-refractivity contribution is 6.04. The number of aryl methyl sites for hydroxylation is 2. The summed E-state index contributed by atoms with van der Waals surface area (Å²) in [4.78, 5) is 20.7. The number of nitrogens with zero attached hydrogens (tertiary/aromatic N) is 4. The number of amides is 1. The van der Waals surface area contributed by atoms with Crippen LogP contribution in [0.2, 0.25) is 0 Å². The average Bonchev–Trinajstić information content (AvgIpc) is 3.00. The van der Waals surface area contributed by atoms with Crippen molar-refractivity contribution < 1.29 is 4.79 Å². The largest absolute Gasteiger partial charge is 0.383 e. The van der Waals surface area contributed by atoms with E-state index in [1.165, 1.54) is 6.33 Å². The van der Waals surface area contributed by atoms with E-state index in [0.717, 1.165) is 27.9 Å². The first kappa shape index (κ1) is 17.7. The van der Waals surface area contributed by atoms with Crippen LogP contribution in [0.5, 0.6) is 0 Å². The van der Waals surface area contributed by atoms with Crippen molar-refractivity contribution in [1.82, 2.24) is 19.7 Å². The van der Waals surface area contributed by atoms with Crippen molar-refractivity contribution >= 4 is 28.4 Å². The van der Waals surface area contributed by atoms with Crippen molar-refractivity contribution in [2.24, 2.45) is 7.05 Å². The van der Waals surface area contributed by atoms with Gasteiger partial charge < -0.3 is 11.1 Å². The molecule has 3 N–H and O–H groups in total. The Bertz CT molecular complexity index is 1150. The van der Waals surface area contributed by atoms with Gasteiger partial charge in [-0.25, -0.2) is 9.97 Å². The van der Waals surface area contributed by atoms with Gasteiger partial charge in [0, 0.05) is 24.7 Å². The third-order valence-corrected chi connectivity index (χ3v) is 4.62. The summed E-state index contributed by atoms with van der Waals surface area (Å²) < 4.78 is 1.71. The van der Waals surface area contributed by atoms with Gasteiger partial charge >= 0.3 is 0 Å². The number of hydrogen-bond donors (Lipinski definition) is 2. The maximum atomic E-state index is 12.3. The molecule has 0 saturated carbocycles. The van der Waals surface area contributed by atoms with Crippen molar-refractivity contribution in [2.45, 2.75) is 13.3 Å². The maximum absolute atomic E-state index is 12.3. The number of rotatable bonds is 4. The van der Waals surface area contributed by atoms with Crippen molar-refractivity contribution in [3.05, 3.63) is 77.2 Å². The minimum Gasteiger partial charge on any atom is -0.383 e. The number of nitrogens with one attached hydrogen (secondary N) is 1. The Hall–Kier alpha value is -3.74. The maximum Gasteiger partial charge on any atom is 0.255 e. The molecule has 28 heavy (non-hydrogen) atoms. The molecule has 0 radical (unpaired) electrons. The average molecular weight is 372 g/mol. The predicted octanol–water partition coefficient (Wildman–Crippen LogP) is 3.10. The highest BCUT2D eigenvalue weighted by Gasteiger charge is 2.14. The van der Waals surface area contributed by atoms with E-state index in [2.05, 4.69) is 20.4 Å². The standard InChI is InChI=1S/C21H20N6O/c1-13-3-7-15(8-4-13)21(28)25-16-9-5-14(6-10-16)11-17-18-19(22)23-12-24-20(18)27(2)26-17/h3-10,12H,11H2,1-2H3,(H,25,28)(H2,22,23,24). The molecule has 0 bridgehead atoms. The Morgan fingerprint density at radius 3 is 2.50 bits per heavy atom. The number of aromatic nitrogens is 4. The Labute approximate surface area is 162 Å². The minimum absolute atomic E-state index is 0.131. The van der Waals surface area contributed by atoms with E-state index >= 15 is 0 Å². The normalized spacial score (nSPS) is 10.9. The Morgan fingerprint density at radius 2 is 1.79 bits per heavy atom.